The van der Waals surface area contributed by atoms with Gasteiger partial charge in [-0.2, -0.15) is 0 Å². The first-order chi connectivity index (χ1) is 13.3. The number of carboxylic acids is 1. The molecule has 2 rings (SSSR count). The third-order valence-corrected chi connectivity index (χ3v) is 5.32. The first-order valence-electron chi connectivity index (χ1n) is 9.88. The molecule has 2 aromatic carbocycles. The predicted octanol–water partition coefficient (Wildman–Crippen LogP) is 5.17. The summed E-state index contributed by atoms with van der Waals surface area (Å²) in [6, 6.07) is 9.80. The van der Waals surface area contributed by atoms with Gasteiger partial charge in [0.15, 0.2) is 0 Å². The molecule has 0 saturated carbocycles. The van der Waals surface area contributed by atoms with Crippen molar-refractivity contribution in [3.63, 3.8) is 0 Å². The van der Waals surface area contributed by atoms with E-state index in [-0.39, 0.29) is 24.0 Å². The molecular weight excluding hydrogens is 354 g/mol. The topological polar surface area (TPSA) is 92.8 Å². The Labute approximate surface area is 167 Å². The van der Waals surface area contributed by atoms with Gasteiger partial charge in [-0.05, 0) is 72.1 Å². The van der Waals surface area contributed by atoms with E-state index in [0.717, 1.165) is 35.3 Å². The Kier molecular flexibility index (Phi) is 7.46. The van der Waals surface area contributed by atoms with Gasteiger partial charge in [0.05, 0.1) is 0 Å². The number of hydrogen-bond acceptors (Lipinski definition) is 4. The lowest BCUT2D eigenvalue weighted by Crippen LogP contribution is -2.32. The van der Waals surface area contributed by atoms with E-state index in [1.54, 1.807) is 24.3 Å². The molecule has 0 fully saturated rings. The Morgan fingerprint density at radius 3 is 1.96 bits per heavy atom. The number of nitrogens with two attached hydrogens (primary N) is 1. The van der Waals surface area contributed by atoms with Gasteiger partial charge < -0.3 is 20.7 Å². The van der Waals surface area contributed by atoms with E-state index in [0.29, 0.717) is 5.75 Å². The fourth-order valence-electron chi connectivity index (χ4n) is 3.12. The lowest BCUT2D eigenvalue weighted by Gasteiger charge is -2.24. The molecule has 0 bridgehead atoms. The number of hydrogen-bond donors (Lipinski definition) is 3. The summed E-state index contributed by atoms with van der Waals surface area (Å²) in [7, 11) is 0. The van der Waals surface area contributed by atoms with Crippen molar-refractivity contribution < 1.29 is 19.7 Å². The largest absolute Gasteiger partial charge is 0.508 e. The third-order valence-electron chi connectivity index (χ3n) is 5.32. The summed E-state index contributed by atoms with van der Waals surface area (Å²) >= 11 is 0. The first kappa shape index (κ1) is 21.8. The maximum Gasteiger partial charge on any atom is 0.320 e. The molecule has 0 heterocycles. The Balaban J connectivity index is 2.57. The molecule has 0 aliphatic heterocycles. The number of aliphatic carboxylic acids is 1. The molecule has 28 heavy (non-hydrogen) atoms. The van der Waals surface area contributed by atoms with Crippen LogP contribution in [0.15, 0.2) is 36.4 Å². The molecule has 0 radical (unpaired) electrons. The van der Waals surface area contributed by atoms with Gasteiger partial charge in [-0.1, -0.05) is 39.8 Å². The quantitative estimate of drug-likeness (QED) is 0.554. The molecular formula is C23H31NO4. The molecule has 0 aliphatic rings. The van der Waals surface area contributed by atoms with E-state index < -0.39 is 12.0 Å². The van der Waals surface area contributed by atoms with Gasteiger partial charge in [-0.3, -0.25) is 4.79 Å². The molecule has 2 aromatic rings. The number of ether oxygens (including phenoxy) is 1. The van der Waals surface area contributed by atoms with E-state index >= 15 is 0 Å². The number of benzene rings is 2. The zero-order chi connectivity index (χ0) is 20.8. The summed E-state index contributed by atoms with van der Waals surface area (Å²) in [6.45, 7) is 8.52. The molecule has 4 N–H and O–H groups in total. The highest BCUT2D eigenvalue weighted by molar-refractivity contribution is 5.73. The molecule has 5 nitrogen and oxygen atoms in total. The van der Waals surface area contributed by atoms with Crippen molar-refractivity contribution in [3.8, 4) is 17.2 Å². The Bertz CT molecular complexity index is 770. The molecule has 0 amide bonds. The van der Waals surface area contributed by atoms with Crippen molar-refractivity contribution in [1.29, 1.82) is 0 Å². The van der Waals surface area contributed by atoms with Crippen molar-refractivity contribution in [3.05, 3.63) is 53.1 Å². The van der Waals surface area contributed by atoms with Crippen LogP contribution in [0, 0.1) is 0 Å². The summed E-state index contributed by atoms with van der Waals surface area (Å²) in [5.41, 5.74) is 8.82. The zero-order valence-corrected chi connectivity index (χ0v) is 17.1. The number of aromatic hydroxyl groups is 1. The van der Waals surface area contributed by atoms with Gasteiger partial charge >= 0.3 is 5.97 Å². The summed E-state index contributed by atoms with van der Waals surface area (Å²) in [5, 5.41) is 18.7. The Hall–Kier alpha value is -2.53. The fraction of sp³-hybridized carbons (Fsp3) is 0.435. The standard InChI is InChI=1S/C23H31NO4/c1-5-14(3)19-11-16(13-21(24)23(26)27)12-20(15(4)6-2)22(19)28-18-9-7-17(25)8-10-18/h7-12,14-15,21,25H,5-6,13,24H2,1-4H3,(H,26,27)/t14?,15?,21-/m0/s1. The second-order valence-corrected chi connectivity index (χ2v) is 7.47. The van der Waals surface area contributed by atoms with Gasteiger partial charge in [0.1, 0.15) is 23.3 Å². The fourth-order valence-corrected chi connectivity index (χ4v) is 3.12. The SMILES string of the molecule is CCC(C)c1cc(C[C@H](N)C(=O)O)cc(C(C)CC)c1Oc1ccc(O)cc1. The van der Waals surface area contributed by atoms with Crippen LogP contribution >= 0.6 is 0 Å². The molecule has 3 atom stereocenters. The average Bonchev–Trinajstić information content (AvgIpc) is 2.68. The summed E-state index contributed by atoms with van der Waals surface area (Å²) in [4.78, 5) is 11.2. The average molecular weight is 386 g/mol. The normalized spacial score (nSPS) is 14.3. The number of rotatable bonds is 9. The van der Waals surface area contributed by atoms with E-state index in [9.17, 15) is 15.0 Å². The lowest BCUT2D eigenvalue weighted by molar-refractivity contribution is -0.138. The second-order valence-electron chi connectivity index (χ2n) is 7.47. The van der Waals surface area contributed by atoms with Gasteiger partial charge in [0, 0.05) is 0 Å². The molecule has 0 aromatic heterocycles. The maximum atomic E-state index is 11.2. The Morgan fingerprint density at radius 2 is 1.54 bits per heavy atom. The van der Waals surface area contributed by atoms with Crippen molar-refractivity contribution in [2.24, 2.45) is 5.73 Å². The maximum absolute atomic E-state index is 11.2. The summed E-state index contributed by atoms with van der Waals surface area (Å²) in [5.74, 6) is 1.16. The van der Waals surface area contributed by atoms with Crippen LogP contribution < -0.4 is 10.5 Å². The first-order valence-corrected chi connectivity index (χ1v) is 9.88. The highest BCUT2D eigenvalue weighted by atomic mass is 16.5. The van der Waals surface area contributed by atoms with E-state index in [4.69, 9.17) is 10.5 Å². The van der Waals surface area contributed by atoms with Crippen molar-refractivity contribution >= 4 is 5.97 Å². The molecule has 0 saturated heterocycles. The van der Waals surface area contributed by atoms with Crippen LogP contribution in [0.25, 0.3) is 0 Å². The van der Waals surface area contributed by atoms with Crippen LogP contribution in [-0.2, 0) is 11.2 Å². The number of phenolic OH excluding ortho intramolecular Hbond substituents is 1. The number of phenols is 1. The van der Waals surface area contributed by atoms with Gasteiger partial charge in [0.25, 0.3) is 0 Å². The summed E-state index contributed by atoms with van der Waals surface area (Å²) in [6.07, 6.45) is 2.14. The highest BCUT2D eigenvalue weighted by Gasteiger charge is 2.22. The Morgan fingerprint density at radius 1 is 1.04 bits per heavy atom. The summed E-state index contributed by atoms with van der Waals surface area (Å²) < 4.78 is 6.29. The van der Waals surface area contributed by atoms with Crippen LogP contribution in [0.5, 0.6) is 17.2 Å². The minimum atomic E-state index is -1.00. The van der Waals surface area contributed by atoms with Crippen LogP contribution in [0.3, 0.4) is 0 Å². The molecule has 152 valence electrons. The van der Waals surface area contributed by atoms with E-state index in [1.807, 2.05) is 12.1 Å². The second kappa shape index (κ2) is 9.60. The highest BCUT2D eigenvalue weighted by Crippen LogP contribution is 2.41. The number of carboxylic acid groups (broad SMARTS) is 1. The van der Waals surface area contributed by atoms with E-state index in [1.165, 1.54) is 0 Å². The van der Waals surface area contributed by atoms with Gasteiger partial charge in [-0.15, -0.1) is 0 Å². The van der Waals surface area contributed by atoms with Crippen molar-refractivity contribution in [2.75, 3.05) is 0 Å². The van der Waals surface area contributed by atoms with E-state index in [2.05, 4.69) is 27.7 Å². The smallest absolute Gasteiger partial charge is 0.320 e. The molecule has 0 spiro atoms. The van der Waals surface area contributed by atoms with Gasteiger partial charge in [-0.25, -0.2) is 0 Å². The van der Waals surface area contributed by atoms with Crippen molar-refractivity contribution in [2.45, 2.75) is 64.8 Å². The van der Waals surface area contributed by atoms with Crippen LogP contribution in [-0.4, -0.2) is 22.2 Å². The van der Waals surface area contributed by atoms with Crippen molar-refractivity contribution in [1.82, 2.24) is 0 Å². The van der Waals surface area contributed by atoms with Gasteiger partial charge in [0.2, 0.25) is 0 Å². The minimum absolute atomic E-state index is 0.189. The molecule has 5 heteroatoms. The number of carbonyl (C=O) groups is 1. The minimum Gasteiger partial charge on any atom is -0.508 e. The molecule has 2 unspecified atom stereocenters. The zero-order valence-electron chi connectivity index (χ0n) is 17.1. The monoisotopic (exact) mass is 385 g/mol. The van der Waals surface area contributed by atoms with Crippen LogP contribution in [0.2, 0.25) is 0 Å². The predicted molar refractivity (Wildman–Crippen MR) is 111 cm³/mol. The molecule has 0 aliphatic carbocycles. The lowest BCUT2D eigenvalue weighted by atomic mass is 9.87. The third kappa shape index (κ3) is 5.26. The van der Waals surface area contributed by atoms with Crippen LogP contribution in [0.1, 0.15) is 69.1 Å². The van der Waals surface area contributed by atoms with Crippen LogP contribution in [0.4, 0.5) is 0 Å².